The molecule has 2 aromatic rings. The number of unbranched alkanes of at least 4 members (excludes halogenated alkanes) is 12. The monoisotopic (exact) mass is 446 g/mol. The number of carbonyl (C=O) groups is 1. The molecule has 178 valence electrons. The number of aryl methyl sites for hydroxylation is 1. The number of phenolic OH excluding ortho intramolecular Hbond substituents is 1. The molecule has 33 heavy (non-hydrogen) atoms. The third-order valence-electron chi connectivity index (χ3n) is 6.26. The van der Waals surface area contributed by atoms with Gasteiger partial charge in [-0.25, -0.2) is 0 Å². The van der Waals surface area contributed by atoms with Gasteiger partial charge >= 0.3 is 0 Å². The van der Waals surface area contributed by atoms with Gasteiger partial charge in [0.2, 0.25) is 0 Å². The molecule has 0 aliphatic rings. The first kappa shape index (κ1) is 26.7. The van der Waals surface area contributed by atoms with Crippen molar-refractivity contribution in [3.8, 4) is 17.6 Å². The molecule has 2 nitrogen and oxygen atoms in total. The number of Topliss-reactive ketones (excluding diaryl/α,β-unsaturated/α-hetero) is 1. The van der Waals surface area contributed by atoms with Crippen LogP contribution in [0.15, 0.2) is 42.5 Å². The first-order valence-electron chi connectivity index (χ1n) is 13.0. The Hall–Kier alpha value is -2.53. The summed E-state index contributed by atoms with van der Waals surface area (Å²) in [7, 11) is 0. The minimum absolute atomic E-state index is 0.0474. The molecule has 0 radical (unpaired) electrons. The van der Waals surface area contributed by atoms with Crippen molar-refractivity contribution in [1.29, 1.82) is 0 Å². The highest BCUT2D eigenvalue weighted by molar-refractivity contribution is 5.94. The fourth-order valence-electron chi connectivity index (χ4n) is 4.11. The van der Waals surface area contributed by atoms with Gasteiger partial charge in [-0.2, -0.15) is 0 Å². The number of aromatic hydroxyl groups is 1. The largest absolute Gasteiger partial charge is 0.507 e. The molecule has 0 fully saturated rings. The minimum atomic E-state index is 0.0474. The molecule has 0 bridgehead atoms. The maximum absolute atomic E-state index is 11.4. The average Bonchev–Trinajstić information content (AvgIpc) is 2.81. The predicted octanol–water partition coefficient (Wildman–Crippen LogP) is 8.63. The second kappa shape index (κ2) is 16.1. The first-order chi connectivity index (χ1) is 16.1. The van der Waals surface area contributed by atoms with E-state index in [1.165, 1.54) is 89.0 Å². The molecule has 0 amide bonds. The Morgan fingerprint density at radius 2 is 1.27 bits per heavy atom. The van der Waals surface area contributed by atoms with Crippen LogP contribution < -0.4 is 0 Å². The molecule has 2 rings (SSSR count). The molecule has 0 aromatic heterocycles. The lowest BCUT2D eigenvalue weighted by molar-refractivity contribution is 0.101. The second-order valence-electron chi connectivity index (χ2n) is 9.23. The van der Waals surface area contributed by atoms with Gasteiger partial charge in [0, 0.05) is 11.1 Å². The Morgan fingerprint density at radius 3 is 1.79 bits per heavy atom. The molecule has 0 spiro atoms. The molecular weight excluding hydrogens is 404 g/mol. The molecule has 0 unspecified atom stereocenters. The van der Waals surface area contributed by atoms with Crippen molar-refractivity contribution >= 4 is 5.78 Å². The van der Waals surface area contributed by atoms with Crippen LogP contribution in [-0.2, 0) is 6.42 Å². The van der Waals surface area contributed by atoms with Crippen LogP contribution in [0.25, 0.3) is 0 Å². The van der Waals surface area contributed by atoms with Crippen LogP contribution in [0.3, 0.4) is 0 Å². The van der Waals surface area contributed by atoms with Gasteiger partial charge < -0.3 is 5.11 Å². The van der Waals surface area contributed by atoms with E-state index >= 15 is 0 Å². The zero-order chi connectivity index (χ0) is 23.7. The maximum Gasteiger partial charge on any atom is 0.159 e. The highest BCUT2D eigenvalue weighted by Crippen LogP contribution is 2.20. The second-order valence-corrected chi connectivity index (χ2v) is 9.23. The van der Waals surface area contributed by atoms with Gasteiger partial charge in [0.25, 0.3) is 0 Å². The van der Waals surface area contributed by atoms with Gasteiger partial charge in [-0.05, 0) is 49.6 Å². The molecule has 0 aliphatic heterocycles. The van der Waals surface area contributed by atoms with Gasteiger partial charge in [-0.1, -0.05) is 114 Å². The van der Waals surface area contributed by atoms with Crippen LogP contribution in [0.4, 0.5) is 0 Å². The number of ketones is 1. The molecule has 0 aliphatic carbocycles. The molecule has 0 saturated heterocycles. The predicted molar refractivity (Wildman–Crippen MR) is 140 cm³/mol. The summed E-state index contributed by atoms with van der Waals surface area (Å²) in [5.74, 6) is 6.39. The molecule has 0 saturated carbocycles. The third-order valence-corrected chi connectivity index (χ3v) is 6.26. The highest BCUT2D eigenvalue weighted by atomic mass is 16.3. The van der Waals surface area contributed by atoms with Crippen LogP contribution in [0.2, 0.25) is 0 Å². The lowest BCUT2D eigenvalue weighted by Gasteiger charge is -2.05. The minimum Gasteiger partial charge on any atom is -0.507 e. The Bertz CT molecular complexity index is 883. The Labute approximate surface area is 201 Å². The molecular formula is C31H42O2. The maximum atomic E-state index is 11.4. The average molecular weight is 447 g/mol. The van der Waals surface area contributed by atoms with E-state index in [4.69, 9.17) is 0 Å². The fourth-order valence-corrected chi connectivity index (χ4v) is 4.11. The number of benzene rings is 2. The summed E-state index contributed by atoms with van der Waals surface area (Å²) in [4.78, 5) is 11.4. The third kappa shape index (κ3) is 11.2. The highest BCUT2D eigenvalue weighted by Gasteiger charge is 2.02. The van der Waals surface area contributed by atoms with Gasteiger partial charge in [-0.3, -0.25) is 4.79 Å². The topological polar surface area (TPSA) is 37.3 Å². The molecule has 1 N–H and O–H groups in total. The van der Waals surface area contributed by atoms with E-state index in [1.54, 1.807) is 19.1 Å². The number of hydrogen-bond acceptors (Lipinski definition) is 2. The van der Waals surface area contributed by atoms with Crippen molar-refractivity contribution in [1.82, 2.24) is 0 Å². The van der Waals surface area contributed by atoms with Crippen LogP contribution in [0.5, 0.6) is 5.75 Å². The van der Waals surface area contributed by atoms with Gasteiger partial charge in [0.05, 0.1) is 5.56 Å². The van der Waals surface area contributed by atoms with Gasteiger partial charge in [-0.15, -0.1) is 0 Å². The molecule has 0 heterocycles. The number of rotatable bonds is 15. The van der Waals surface area contributed by atoms with Crippen molar-refractivity contribution in [2.45, 2.75) is 104 Å². The summed E-state index contributed by atoms with van der Waals surface area (Å²) >= 11 is 0. The van der Waals surface area contributed by atoms with E-state index in [0.717, 1.165) is 12.0 Å². The normalized spacial score (nSPS) is 10.6. The summed E-state index contributed by atoms with van der Waals surface area (Å²) in [5.41, 5.74) is 3.32. The van der Waals surface area contributed by atoms with E-state index in [9.17, 15) is 9.90 Å². The van der Waals surface area contributed by atoms with Crippen molar-refractivity contribution in [3.63, 3.8) is 0 Å². The Kier molecular flexibility index (Phi) is 13.1. The summed E-state index contributed by atoms with van der Waals surface area (Å²) in [6.45, 7) is 3.83. The lowest BCUT2D eigenvalue weighted by Crippen LogP contribution is -1.90. The van der Waals surface area contributed by atoms with Crippen molar-refractivity contribution in [2.75, 3.05) is 0 Å². The van der Waals surface area contributed by atoms with Crippen molar-refractivity contribution in [2.24, 2.45) is 0 Å². The van der Waals surface area contributed by atoms with Crippen LogP contribution >= 0.6 is 0 Å². The zero-order valence-electron chi connectivity index (χ0n) is 20.8. The SMILES string of the molecule is CCCCCCCCCCCCCCCc1ccc(C#Cc2ccc(C(C)=O)cc2)c(O)c1. The van der Waals surface area contributed by atoms with E-state index in [-0.39, 0.29) is 11.5 Å². The smallest absolute Gasteiger partial charge is 0.159 e. The van der Waals surface area contributed by atoms with Gasteiger partial charge in [0.15, 0.2) is 5.78 Å². The van der Waals surface area contributed by atoms with E-state index in [2.05, 4.69) is 24.8 Å². The first-order valence-corrected chi connectivity index (χ1v) is 13.0. The van der Waals surface area contributed by atoms with Gasteiger partial charge in [0.1, 0.15) is 5.75 Å². The number of phenols is 1. The number of hydrogen-bond donors (Lipinski definition) is 1. The van der Waals surface area contributed by atoms with E-state index < -0.39 is 0 Å². The zero-order valence-corrected chi connectivity index (χ0v) is 20.8. The molecule has 2 heteroatoms. The lowest BCUT2D eigenvalue weighted by atomic mass is 10.0. The summed E-state index contributed by atoms with van der Waals surface area (Å²) < 4.78 is 0. The van der Waals surface area contributed by atoms with Crippen LogP contribution in [0.1, 0.15) is 124 Å². The molecule has 2 aromatic carbocycles. The van der Waals surface area contributed by atoms with Crippen LogP contribution in [-0.4, -0.2) is 10.9 Å². The van der Waals surface area contributed by atoms with E-state index in [1.807, 2.05) is 24.3 Å². The Balaban J connectivity index is 1.60. The van der Waals surface area contributed by atoms with Crippen molar-refractivity contribution in [3.05, 3.63) is 64.7 Å². The van der Waals surface area contributed by atoms with Crippen molar-refractivity contribution < 1.29 is 9.90 Å². The standard InChI is InChI=1S/C31H42O2/c1-3-4-5-6-7-8-9-10-11-12-13-14-15-16-28-20-24-30(31(33)25-28)23-19-27-17-21-29(22-18-27)26(2)32/h17-18,20-22,24-25,33H,3-16H2,1-2H3. The van der Waals surface area contributed by atoms with E-state index in [0.29, 0.717) is 11.1 Å². The summed E-state index contributed by atoms with van der Waals surface area (Å²) in [5, 5.41) is 10.3. The molecule has 0 atom stereocenters. The Morgan fingerprint density at radius 1 is 0.727 bits per heavy atom. The summed E-state index contributed by atoms with van der Waals surface area (Å²) in [6.07, 6.45) is 18.7. The quantitative estimate of drug-likeness (QED) is 0.169. The summed E-state index contributed by atoms with van der Waals surface area (Å²) in [6, 6.07) is 13.1. The number of carbonyl (C=O) groups excluding carboxylic acids is 1. The van der Waals surface area contributed by atoms with Crippen LogP contribution in [0, 0.1) is 11.8 Å². The fraction of sp³-hybridized carbons (Fsp3) is 0.516.